The summed E-state index contributed by atoms with van der Waals surface area (Å²) in [5.41, 5.74) is 0.291. The van der Waals surface area contributed by atoms with E-state index in [2.05, 4.69) is 5.32 Å². The molecular weight excluding hydrogens is 390 g/mol. The zero-order valence-electron chi connectivity index (χ0n) is 17.3. The number of benzene rings is 1. The molecule has 2 aliphatic heterocycles. The van der Waals surface area contributed by atoms with E-state index in [0.717, 1.165) is 23.5 Å². The number of likely N-dealkylation sites (N-methyl/N-ethyl adjacent to an activating group) is 1. The van der Waals surface area contributed by atoms with Crippen molar-refractivity contribution in [3.05, 3.63) is 24.3 Å². The maximum Gasteiger partial charge on any atom is 0.312 e. The topological polar surface area (TPSA) is 79.0 Å². The molecule has 2 saturated heterocycles. The van der Waals surface area contributed by atoms with Gasteiger partial charge in [-0.2, -0.15) is 0 Å². The van der Waals surface area contributed by atoms with Crippen LogP contribution in [0.25, 0.3) is 0 Å². The second kappa shape index (κ2) is 9.17. The van der Waals surface area contributed by atoms with E-state index in [1.165, 1.54) is 18.7 Å². The number of anilines is 1. The maximum absolute atomic E-state index is 12.7. The van der Waals surface area contributed by atoms with Crippen LogP contribution < -0.4 is 5.32 Å². The average Bonchev–Trinajstić information content (AvgIpc) is 2.94. The summed E-state index contributed by atoms with van der Waals surface area (Å²) < 4.78 is 5.59. The zero-order chi connectivity index (χ0) is 21.0. The number of amides is 2. The first kappa shape index (κ1) is 21.6. The van der Waals surface area contributed by atoms with Gasteiger partial charge in [-0.15, -0.1) is 11.8 Å². The molecule has 2 heterocycles. The number of thioether (sulfide) groups is 1. The number of rotatable bonds is 6. The molecule has 158 valence electrons. The lowest BCUT2D eigenvalue weighted by Gasteiger charge is -2.36. The minimum atomic E-state index is -0.428. The fourth-order valence-electron chi connectivity index (χ4n) is 4.05. The molecule has 0 radical (unpaired) electrons. The summed E-state index contributed by atoms with van der Waals surface area (Å²) in [5, 5.41) is 2.79. The van der Waals surface area contributed by atoms with Gasteiger partial charge in [0.05, 0.1) is 16.9 Å². The quantitative estimate of drug-likeness (QED) is 0.563. The molecule has 8 heteroatoms. The minimum absolute atomic E-state index is 0.0543. The molecule has 1 spiro atoms. The Bertz CT molecular complexity index is 775. The second-order valence-electron chi connectivity index (χ2n) is 8.12. The van der Waals surface area contributed by atoms with E-state index in [-0.39, 0.29) is 23.9 Å². The number of ether oxygens (including phenoxy) is 1. The third-order valence-corrected chi connectivity index (χ3v) is 6.57. The van der Waals surface area contributed by atoms with E-state index in [1.807, 2.05) is 48.2 Å². The molecule has 0 bridgehead atoms. The first-order valence-corrected chi connectivity index (χ1v) is 10.9. The highest BCUT2D eigenvalue weighted by Crippen LogP contribution is 2.43. The number of nitrogens with one attached hydrogen (secondary N) is 1. The molecule has 1 unspecified atom stereocenters. The van der Waals surface area contributed by atoms with Gasteiger partial charge in [0.1, 0.15) is 6.10 Å². The van der Waals surface area contributed by atoms with Crippen molar-refractivity contribution in [1.82, 2.24) is 9.80 Å². The third-order valence-electron chi connectivity index (χ3n) is 5.52. The van der Waals surface area contributed by atoms with E-state index < -0.39 is 5.41 Å². The monoisotopic (exact) mass is 419 g/mol. The van der Waals surface area contributed by atoms with Crippen molar-refractivity contribution in [3.63, 3.8) is 0 Å². The highest BCUT2D eigenvalue weighted by molar-refractivity contribution is 8.00. The summed E-state index contributed by atoms with van der Waals surface area (Å²) in [6.07, 6.45) is 2.01. The number of carbonyl (C=O) groups is 3. The van der Waals surface area contributed by atoms with Crippen LogP contribution in [0.1, 0.15) is 26.2 Å². The molecule has 1 N–H and O–H groups in total. The third kappa shape index (κ3) is 5.30. The fourth-order valence-corrected chi connectivity index (χ4v) is 4.97. The Labute approximate surface area is 176 Å². The van der Waals surface area contributed by atoms with Gasteiger partial charge in [0.15, 0.2) is 0 Å². The number of para-hydroxylation sites is 1. The van der Waals surface area contributed by atoms with Gasteiger partial charge in [0.2, 0.25) is 11.8 Å². The van der Waals surface area contributed by atoms with Gasteiger partial charge in [0.25, 0.3) is 0 Å². The van der Waals surface area contributed by atoms with Gasteiger partial charge in [-0.05, 0) is 39.1 Å². The Morgan fingerprint density at radius 3 is 2.62 bits per heavy atom. The Balaban J connectivity index is 1.52. The lowest BCUT2D eigenvalue weighted by atomic mass is 9.76. The van der Waals surface area contributed by atoms with Crippen LogP contribution in [0, 0.1) is 5.41 Å². The minimum Gasteiger partial charge on any atom is -0.461 e. The predicted molar refractivity (Wildman–Crippen MR) is 113 cm³/mol. The van der Waals surface area contributed by atoms with Crippen molar-refractivity contribution in [3.8, 4) is 0 Å². The van der Waals surface area contributed by atoms with Gasteiger partial charge >= 0.3 is 5.97 Å². The van der Waals surface area contributed by atoms with Gasteiger partial charge in [0, 0.05) is 37.9 Å². The molecule has 3 rings (SSSR count). The molecule has 2 amide bonds. The zero-order valence-corrected chi connectivity index (χ0v) is 18.1. The molecule has 0 aromatic heterocycles. The Kier molecular flexibility index (Phi) is 6.85. The summed E-state index contributed by atoms with van der Waals surface area (Å²) in [4.78, 5) is 41.3. The molecule has 0 saturated carbocycles. The van der Waals surface area contributed by atoms with E-state index >= 15 is 0 Å². The molecule has 1 aromatic carbocycles. The average molecular weight is 420 g/mol. The number of piperidine rings is 1. The molecule has 1 atom stereocenters. The Morgan fingerprint density at radius 1 is 1.28 bits per heavy atom. The maximum atomic E-state index is 12.7. The number of esters is 1. The summed E-state index contributed by atoms with van der Waals surface area (Å²) in [7, 11) is 3.95. The summed E-state index contributed by atoms with van der Waals surface area (Å²) >= 11 is 1.42. The van der Waals surface area contributed by atoms with Crippen LogP contribution in [0.5, 0.6) is 0 Å². The number of hydrogen-bond acceptors (Lipinski definition) is 6. The highest BCUT2D eigenvalue weighted by Gasteiger charge is 2.50. The van der Waals surface area contributed by atoms with E-state index in [4.69, 9.17) is 4.74 Å². The van der Waals surface area contributed by atoms with Crippen molar-refractivity contribution in [1.29, 1.82) is 0 Å². The number of carbonyl (C=O) groups excluding carboxylic acids is 3. The normalized spacial score (nSPS) is 20.8. The number of cyclic esters (lactones) is 1. The first-order chi connectivity index (χ1) is 13.8. The van der Waals surface area contributed by atoms with Crippen molar-refractivity contribution in [2.24, 2.45) is 5.41 Å². The van der Waals surface area contributed by atoms with E-state index in [9.17, 15) is 14.4 Å². The largest absolute Gasteiger partial charge is 0.461 e. The Morgan fingerprint density at radius 2 is 1.97 bits per heavy atom. The van der Waals surface area contributed by atoms with Crippen LogP contribution in [0.4, 0.5) is 5.69 Å². The van der Waals surface area contributed by atoms with E-state index in [1.54, 1.807) is 0 Å². The Hall–Kier alpha value is -2.06. The predicted octanol–water partition coefficient (Wildman–Crippen LogP) is 2.22. The summed E-state index contributed by atoms with van der Waals surface area (Å²) in [6, 6.07) is 7.46. The second-order valence-corrected chi connectivity index (χ2v) is 9.14. The first-order valence-electron chi connectivity index (χ1n) is 9.92. The van der Waals surface area contributed by atoms with Crippen molar-refractivity contribution in [2.45, 2.75) is 37.2 Å². The molecular formula is C21H29N3O4S. The summed E-state index contributed by atoms with van der Waals surface area (Å²) in [6.45, 7) is 3.36. The number of nitrogens with zero attached hydrogens (tertiary/aromatic N) is 2. The van der Waals surface area contributed by atoms with Crippen molar-refractivity contribution in [2.75, 3.05) is 44.8 Å². The van der Waals surface area contributed by atoms with E-state index in [0.29, 0.717) is 31.7 Å². The SMILES string of the molecule is CC(=O)Nc1ccccc1SCC(=O)N1CCC2(CC1)CC(CN(C)C)OC2=O. The fraction of sp³-hybridized carbons (Fsp3) is 0.571. The lowest BCUT2D eigenvalue weighted by Crippen LogP contribution is -2.45. The number of likely N-dealkylation sites (tertiary alicyclic amines) is 1. The van der Waals surface area contributed by atoms with Crippen molar-refractivity contribution >= 4 is 35.2 Å². The van der Waals surface area contributed by atoms with Crippen LogP contribution in [-0.4, -0.2) is 73.2 Å². The van der Waals surface area contributed by atoms with Crippen LogP contribution >= 0.6 is 11.8 Å². The molecule has 2 fully saturated rings. The van der Waals surface area contributed by atoms with Crippen LogP contribution in [-0.2, 0) is 19.1 Å². The molecule has 0 aliphatic carbocycles. The molecule has 7 nitrogen and oxygen atoms in total. The van der Waals surface area contributed by atoms with Gasteiger partial charge in [-0.1, -0.05) is 12.1 Å². The van der Waals surface area contributed by atoms with Crippen LogP contribution in [0.3, 0.4) is 0 Å². The molecule has 1 aromatic rings. The smallest absolute Gasteiger partial charge is 0.312 e. The number of hydrogen-bond donors (Lipinski definition) is 1. The van der Waals surface area contributed by atoms with Crippen LogP contribution in [0.15, 0.2) is 29.2 Å². The summed E-state index contributed by atoms with van der Waals surface area (Å²) in [5.74, 6) is 0.118. The van der Waals surface area contributed by atoms with Crippen LogP contribution in [0.2, 0.25) is 0 Å². The molecule has 2 aliphatic rings. The van der Waals surface area contributed by atoms with Crippen molar-refractivity contribution < 1.29 is 19.1 Å². The van der Waals surface area contributed by atoms with Gasteiger partial charge in [-0.25, -0.2) is 0 Å². The highest BCUT2D eigenvalue weighted by atomic mass is 32.2. The van der Waals surface area contributed by atoms with Gasteiger partial charge in [-0.3, -0.25) is 14.4 Å². The standard InChI is InChI=1S/C21H29N3O4S/c1-15(25)22-17-6-4-5-7-18(17)29-14-19(26)24-10-8-21(9-11-24)12-16(13-23(2)3)28-20(21)27/h4-7,16H,8-14H2,1-3H3,(H,22,25). The lowest BCUT2D eigenvalue weighted by molar-refractivity contribution is -0.152. The van der Waals surface area contributed by atoms with Gasteiger partial charge < -0.3 is 19.9 Å². The molecule has 29 heavy (non-hydrogen) atoms.